The first-order chi connectivity index (χ1) is 17.6. The second-order valence-electron chi connectivity index (χ2n) is 10.6. The van der Waals surface area contributed by atoms with Crippen molar-refractivity contribution < 1.29 is 0 Å². The number of nitrogens with zero attached hydrogens (tertiary/aromatic N) is 1. The van der Waals surface area contributed by atoms with E-state index in [1.165, 1.54) is 71.3 Å². The van der Waals surface area contributed by atoms with Gasteiger partial charge in [0.15, 0.2) is 0 Å². The Morgan fingerprint density at radius 2 is 1.19 bits per heavy atom. The fraction of sp³-hybridized carbons (Fsp3) is 0.0857. The molecule has 0 fully saturated rings. The van der Waals surface area contributed by atoms with Gasteiger partial charge in [0.05, 0.1) is 16.7 Å². The largest absolute Gasteiger partial charge is 0.308 e. The molecule has 0 unspecified atom stereocenters. The van der Waals surface area contributed by atoms with Crippen molar-refractivity contribution in [3.63, 3.8) is 0 Å². The molecular weight excluding hydrogens is 434 g/mol. The molecule has 1 nitrogen and oxygen atoms in total. The van der Waals surface area contributed by atoms with E-state index in [1.807, 2.05) is 0 Å². The minimum atomic E-state index is -0.0930. The Hall–Kier alpha value is -4.36. The van der Waals surface area contributed by atoms with E-state index in [0.717, 1.165) is 0 Å². The zero-order chi connectivity index (χ0) is 24.0. The van der Waals surface area contributed by atoms with Gasteiger partial charge < -0.3 is 4.57 Å². The van der Waals surface area contributed by atoms with Crippen LogP contribution in [0.2, 0.25) is 0 Å². The molecule has 0 atom stereocenters. The van der Waals surface area contributed by atoms with Crippen molar-refractivity contribution in [1.29, 1.82) is 0 Å². The molecule has 8 rings (SSSR count). The Bertz CT molecular complexity index is 2020. The van der Waals surface area contributed by atoms with Crippen LogP contribution in [0.3, 0.4) is 0 Å². The summed E-state index contributed by atoms with van der Waals surface area (Å²) in [7, 11) is 0. The monoisotopic (exact) mass is 459 g/mol. The van der Waals surface area contributed by atoms with Crippen molar-refractivity contribution in [3.05, 3.63) is 126 Å². The molecule has 6 aromatic carbocycles. The second kappa shape index (κ2) is 6.86. The number of fused-ring (bicyclic) bond motifs is 10. The molecule has 1 aliphatic rings. The summed E-state index contributed by atoms with van der Waals surface area (Å²) in [5.74, 6) is 0. The van der Waals surface area contributed by atoms with Crippen LogP contribution in [0.1, 0.15) is 25.0 Å². The smallest absolute Gasteiger partial charge is 0.0588 e. The van der Waals surface area contributed by atoms with Crippen molar-refractivity contribution in [2.75, 3.05) is 0 Å². The number of hydrogen-bond donors (Lipinski definition) is 0. The topological polar surface area (TPSA) is 4.93 Å². The lowest BCUT2D eigenvalue weighted by atomic mass is 9.81. The number of aromatic nitrogens is 1. The van der Waals surface area contributed by atoms with Crippen LogP contribution < -0.4 is 0 Å². The molecule has 0 spiro atoms. The van der Waals surface area contributed by atoms with E-state index in [9.17, 15) is 0 Å². The van der Waals surface area contributed by atoms with E-state index >= 15 is 0 Å². The van der Waals surface area contributed by atoms with Gasteiger partial charge in [0, 0.05) is 21.6 Å². The summed E-state index contributed by atoms with van der Waals surface area (Å²) >= 11 is 0. The Labute approximate surface area is 210 Å². The van der Waals surface area contributed by atoms with Gasteiger partial charge in [-0.25, -0.2) is 0 Å². The highest BCUT2D eigenvalue weighted by molar-refractivity contribution is 6.16. The third kappa shape index (κ3) is 2.40. The highest BCUT2D eigenvalue weighted by Crippen LogP contribution is 2.53. The average molecular weight is 460 g/mol. The lowest BCUT2D eigenvalue weighted by Crippen LogP contribution is -2.16. The predicted molar refractivity (Wildman–Crippen MR) is 153 cm³/mol. The van der Waals surface area contributed by atoms with Gasteiger partial charge in [0.2, 0.25) is 0 Å². The molecular formula is C35H25N. The first kappa shape index (κ1) is 19.9. The van der Waals surface area contributed by atoms with Crippen LogP contribution in [0.5, 0.6) is 0 Å². The van der Waals surface area contributed by atoms with Crippen LogP contribution in [-0.4, -0.2) is 4.57 Å². The molecule has 0 saturated heterocycles. The van der Waals surface area contributed by atoms with Gasteiger partial charge in [-0.2, -0.15) is 0 Å². The molecule has 1 heterocycles. The Morgan fingerprint density at radius 3 is 2.06 bits per heavy atom. The standard InChI is InChI=1S/C35H25N/c1-35(2)30-17-9-7-14-25(30)28-19-20-29-27-16-8-10-18-31(27)36(34(29)33(28)35)32-21-22-11-3-4-12-23(22)24-13-5-6-15-26(24)32/h3-21H,1-2H3. The Morgan fingerprint density at radius 1 is 0.528 bits per heavy atom. The molecule has 170 valence electrons. The summed E-state index contributed by atoms with van der Waals surface area (Å²) in [5.41, 5.74) is 9.29. The van der Waals surface area contributed by atoms with Crippen molar-refractivity contribution in [1.82, 2.24) is 4.57 Å². The summed E-state index contributed by atoms with van der Waals surface area (Å²) in [6.45, 7) is 4.77. The number of benzene rings is 6. The molecule has 0 N–H and O–H groups in total. The summed E-state index contributed by atoms with van der Waals surface area (Å²) in [6, 6.07) is 42.5. The molecule has 36 heavy (non-hydrogen) atoms. The van der Waals surface area contributed by atoms with E-state index in [1.54, 1.807) is 0 Å². The van der Waals surface area contributed by atoms with Crippen LogP contribution >= 0.6 is 0 Å². The molecule has 1 heteroatoms. The molecule has 0 saturated carbocycles. The van der Waals surface area contributed by atoms with Crippen LogP contribution in [0.4, 0.5) is 0 Å². The van der Waals surface area contributed by atoms with Crippen LogP contribution in [0.15, 0.2) is 115 Å². The lowest BCUT2D eigenvalue weighted by Gasteiger charge is -2.24. The van der Waals surface area contributed by atoms with E-state index in [2.05, 4.69) is 134 Å². The molecule has 0 amide bonds. The first-order valence-electron chi connectivity index (χ1n) is 12.7. The van der Waals surface area contributed by atoms with Gasteiger partial charge in [-0.05, 0) is 50.5 Å². The van der Waals surface area contributed by atoms with Gasteiger partial charge in [-0.15, -0.1) is 0 Å². The van der Waals surface area contributed by atoms with E-state index in [4.69, 9.17) is 0 Å². The fourth-order valence-corrected chi connectivity index (χ4v) is 6.78. The van der Waals surface area contributed by atoms with Crippen molar-refractivity contribution in [2.45, 2.75) is 19.3 Å². The van der Waals surface area contributed by atoms with Crippen molar-refractivity contribution in [2.24, 2.45) is 0 Å². The van der Waals surface area contributed by atoms with Crippen LogP contribution in [0.25, 0.3) is 60.2 Å². The molecule has 7 aromatic rings. The normalized spacial score (nSPS) is 14.1. The fourth-order valence-electron chi connectivity index (χ4n) is 6.78. The van der Waals surface area contributed by atoms with Crippen molar-refractivity contribution >= 4 is 43.4 Å². The summed E-state index contributed by atoms with van der Waals surface area (Å²) in [6.07, 6.45) is 0. The summed E-state index contributed by atoms with van der Waals surface area (Å²) in [5, 5.41) is 7.78. The highest BCUT2D eigenvalue weighted by Gasteiger charge is 2.38. The van der Waals surface area contributed by atoms with Gasteiger partial charge in [-0.1, -0.05) is 117 Å². The highest BCUT2D eigenvalue weighted by atomic mass is 15.0. The van der Waals surface area contributed by atoms with E-state index in [0.29, 0.717) is 0 Å². The van der Waals surface area contributed by atoms with E-state index in [-0.39, 0.29) is 5.41 Å². The number of para-hydroxylation sites is 1. The molecule has 0 bridgehead atoms. The third-order valence-corrected chi connectivity index (χ3v) is 8.34. The van der Waals surface area contributed by atoms with Gasteiger partial charge in [0.25, 0.3) is 0 Å². The van der Waals surface area contributed by atoms with Gasteiger partial charge >= 0.3 is 0 Å². The third-order valence-electron chi connectivity index (χ3n) is 8.34. The number of hydrogen-bond acceptors (Lipinski definition) is 0. The van der Waals surface area contributed by atoms with Crippen LogP contribution in [0, 0.1) is 0 Å². The minimum absolute atomic E-state index is 0.0930. The van der Waals surface area contributed by atoms with Crippen molar-refractivity contribution in [3.8, 4) is 16.8 Å². The molecule has 1 aromatic heterocycles. The zero-order valence-corrected chi connectivity index (χ0v) is 20.4. The number of rotatable bonds is 1. The average Bonchev–Trinajstić information content (AvgIpc) is 3.37. The predicted octanol–water partition coefficient (Wildman–Crippen LogP) is 9.40. The second-order valence-corrected chi connectivity index (χ2v) is 10.6. The SMILES string of the molecule is CC1(C)c2ccccc2-c2ccc3c4ccccc4n(-c4cc5ccccc5c5ccccc45)c3c21. The lowest BCUT2D eigenvalue weighted by molar-refractivity contribution is 0.664. The Kier molecular flexibility index (Phi) is 3.79. The first-order valence-corrected chi connectivity index (χ1v) is 12.7. The maximum Gasteiger partial charge on any atom is 0.0588 e. The maximum absolute atomic E-state index is 2.55. The van der Waals surface area contributed by atoms with E-state index < -0.39 is 0 Å². The van der Waals surface area contributed by atoms with Gasteiger partial charge in [0.1, 0.15) is 0 Å². The molecule has 0 radical (unpaired) electrons. The summed E-state index contributed by atoms with van der Waals surface area (Å²) < 4.78 is 2.55. The zero-order valence-electron chi connectivity index (χ0n) is 20.4. The molecule has 0 aliphatic heterocycles. The minimum Gasteiger partial charge on any atom is -0.308 e. The maximum atomic E-state index is 2.55. The quantitative estimate of drug-likeness (QED) is 0.215. The van der Waals surface area contributed by atoms with Gasteiger partial charge in [-0.3, -0.25) is 0 Å². The summed E-state index contributed by atoms with van der Waals surface area (Å²) in [4.78, 5) is 0. The Balaban J connectivity index is 1.63. The van der Waals surface area contributed by atoms with Crippen LogP contribution in [-0.2, 0) is 5.41 Å². The molecule has 1 aliphatic carbocycles.